The SMILES string of the molecule is Cc1cc(C)c(CNC2CCc3ccccc3C2)c(C)c1. The number of nitrogens with one attached hydrogen (secondary N) is 1. The normalized spacial score (nSPS) is 17.6. The van der Waals surface area contributed by atoms with Crippen molar-refractivity contribution in [3.8, 4) is 0 Å². The van der Waals surface area contributed by atoms with E-state index in [-0.39, 0.29) is 0 Å². The molecule has 0 amide bonds. The molecule has 1 N–H and O–H groups in total. The third kappa shape index (κ3) is 3.19. The highest BCUT2D eigenvalue weighted by molar-refractivity contribution is 5.37. The first-order valence-electron chi connectivity index (χ1n) is 8.00. The van der Waals surface area contributed by atoms with E-state index in [9.17, 15) is 0 Å². The number of rotatable bonds is 3. The Morgan fingerprint density at radius 2 is 1.67 bits per heavy atom. The summed E-state index contributed by atoms with van der Waals surface area (Å²) >= 11 is 0. The molecule has 0 heterocycles. The van der Waals surface area contributed by atoms with Gasteiger partial charge in [-0.3, -0.25) is 0 Å². The van der Waals surface area contributed by atoms with Gasteiger partial charge in [0.05, 0.1) is 0 Å². The van der Waals surface area contributed by atoms with Crippen LogP contribution in [0, 0.1) is 20.8 Å². The molecule has 0 saturated carbocycles. The van der Waals surface area contributed by atoms with Crippen LogP contribution in [-0.4, -0.2) is 6.04 Å². The lowest BCUT2D eigenvalue weighted by Gasteiger charge is -2.26. The van der Waals surface area contributed by atoms with Crippen LogP contribution in [0.4, 0.5) is 0 Å². The van der Waals surface area contributed by atoms with Crippen molar-refractivity contribution >= 4 is 0 Å². The Labute approximate surface area is 128 Å². The van der Waals surface area contributed by atoms with E-state index in [1.807, 2.05) is 0 Å². The summed E-state index contributed by atoms with van der Waals surface area (Å²) < 4.78 is 0. The maximum Gasteiger partial charge on any atom is 0.0213 e. The molecule has 21 heavy (non-hydrogen) atoms. The topological polar surface area (TPSA) is 12.0 Å². The second kappa shape index (κ2) is 6.03. The van der Waals surface area contributed by atoms with Crippen molar-refractivity contribution in [2.75, 3.05) is 0 Å². The minimum atomic E-state index is 0.611. The van der Waals surface area contributed by atoms with Crippen molar-refractivity contribution in [1.29, 1.82) is 0 Å². The van der Waals surface area contributed by atoms with Gasteiger partial charge in [-0.05, 0) is 67.9 Å². The van der Waals surface area contributed by atoms with Crippen LogP contribution < -0.4 is 5.32 Å². The summed E-state index contributed by atoms with van der Waals surface area (Å²) in [5.74, 6) is 0. The molecule has 1 aliphatic rings. The summed E-state index contributed by atoms with van der Waals surface area (Å²) in [6.07, 6.45) is 3.63. The maximum absolute atomic E-state index is 3.78. The summed E-state index contributed by atoms with van der Waals surface area (Å²) in [5, 5.41) is 3.78. The quantitative estimate of drug-likeness (QED) is 0.885. The van der Waals surface area contributed by atoms with Gasteiger partial charge in [-0.1, -0.05) is 42.0 Å². The van der Waals surface area contributed by atoms with Gasteiger partial charge in [-0.25, -0.2) is 0 Å². The fraction of sp³-hybridized carbons (Fsp3) is 0.400. The van der Waals surface area contributed by atoms with Gasteiger partial charge in [0, 0.05) is 12.6 Å². The van der Waals surface area contributed by atoms with E-state index in [1.165, 1.54) is 47.1 Å². The molecule has 2 aromatic carbocycles. The molecule has 2 aromatic rings. The Bertz CT molecular complexity index is 619. The summed E-state index contributed by atoms with van der Waals surface area (Å²) in [7, 11) is 0. The van der Waals surface area contributed by atoms with Crippen molar-refractivity contribution in [3.05, 3.63) is 69.8 Å². The highest BCUT2D eigenvalue weighted by atomic mass is 14.9. The average molecular weight is 279 g/mol. The summed E-state index contributed by atoms with van der Waals surface area (Å²) in [5.41, 5.74) is 8.73. The molecule has 0 fully saturated rings. The van der Waals surface area contributed by atoms with Crippen LogP contribution >= 0.6 is 0 Å². The lowest BCUT2D eigenvalue weighted by molar-refractivity contribution is 0.456. The standard InChI is InChI=1S/C20H25N/c1-14-10-15(2)20(16(3)11-14)13-21-19-9-8-17-6-4-5-7-18(17)12-19/h4-7,10-11,19,21H,8-9,12-13H2,1-3H3. The molecule has 0 bridgehead atoms. The number of fused-ring (bicyclic) bond motifs is 1. The van der Waals surface area contributed by atoms with Crippen molar-refractivity contribution < 1.29 is 0 Å². The molecule has 0 spiro atoms. The number of aryl methyl sites for hydroxylation is 4. The van der Waals surface area contributed by atoms with Crippen LogP contribution in [0.5, 0.6) is 0 Å². The average Bonchev–Trinajstić information content (AvgIpc) is 2.46. The van der Waals surface area contributed by atoms with E-state index in [0.717, 1.165) is 6.54 Å². The van der Waals surface area contributed by atoms with Crippen LogP contribution in [0.1, 0.15) is 39.8 Å². The molecule has 3 rings (SSSR count). The zero-order valence-electron chi connectivity index (χ0n) is 13.4. The third-order valence-corrected chi connectivity index (χ3v) is 4.75. The number of benzene rings is 2. The Morgan fingerprint density at radius 3 is 2.38 bits per heavy atom. The number of hydrogen-bond acceptors (Lipinski definition) is 1. The summed E-state index contributed by atoms with van der Waals surface area (Å²) in [4.78, 5) is 0. The van der Waals surface area contributed by atoms with Crippen LogP contribution in [0.15, 0.2) is 36.4 Å². The number of hydrogen-bond donors (Lipinski definition) is 1. The highest BCUT2D eigenvalue weighted by Gasteiger charge is 2.18. The Kier molecular flexibility index (Phi) is 4.12. The molecule has 0 aromatic heterocycles. The second-order valence-corrected chi connectivity index (χ2v) is 6.47. The minimum absolute atomic E-state index is 0.611. The first kappa shape index (κ1) is 14.3. The molecule has 1 unspecified atom stereocenters. The van der Waals surface area contributed by atoms with Gasteiger partial charge in [-0.15, -0.1) is 0 Å². The third-order valence-electron chi connectivity index (χ3n) is 4.75. The van der Waals surface area contributed by atoms with Crippen molar-refractivity contribution in [1.82, 2.24) is 5.32 Å². The predicted octanol–water partition coefficient (Wildman–Crippen LogP) is 4.26. The van der Waals surface area contributed by atoms with Gasteiger partial charge in [0.2, 0.25) is 0 Å². The van der Waals surface area contributed by atoms with E-state index >= 15 is 0 Å². The summed E-state index contributed by atoms with van der Waals surface area (Å²) in [6, 6.07) is 14.1. The molecular formula is C20H25N. The lowest BCUT2D eigenvalue weighted by Crippen LogP contribution is -2.34. The van der Waals surface area contributed by atoms with Crippen molar-refractivity contribution in [2.45, 2.75) is 52.6 Å². The van der Waals surface area contributed by atoms with Gasteiger partial charge >= 0.3 is 0 Å². The van der Waals surface area contributed by atoms with Gasteiger partial charge in [0.1, 0.15) is 0 Å². The Balaban J connectivity index is 1.67. The van der Waals surface area contributed by atoms with Crippen LogP contribution in [-0.2, 0) is 19.4 Å². The maximum atomic E-state index is 3.78. The monoisotopic (exact) mass is 279 g/mol. The van der Waals surface area contributed by atoms with Crippen LogP contribution in [0.2, 0.25) is 0 Å². The fourth-order valence-corrected chi connectivity index (χ4v) is 3.61. The van der Waals surface area contributed by atoms with E-state index in [2.05, 4.69) is 62.5 Å². The molecule has 0 saturated heterocycles. The molecule has 0 aliphatic heterocycles. The molecule has 110 valence electrons. The van der Waals surface area contributed by atoms with Gasteiger partial charge < -0.3 is 5.32 Å². The lowest BCUT2D eigenvalue weighted by atomic mass is 9.88. The van der Waals surface area contributed by atoms with E-state index < -0.39 is 0 Å². The second-order valence-electron chi connectivity index (χ2n) is 6.47. The van der Waals surface area contributed by atoms with E-state index in [4.69, 9.17) is 0 Å². The molecule has 0 radical (unpaired) electrons. The van der Waals surface area contributed by atoms with Gasteiger partial charge in [-0.2, -0.15) is 0 Å². The minimum Gasteiger partial charge on any atom is -0.310 e. The summed E-state index contributed by atoms with van der Waals surface area (Å²) in [6.45, 7) is 7.63. The highest BCUT2D eigenvalue weighted by Crippen LogP contribution is 2.22. The molecular weight excluding hydrogens is 254 g/mol. The molecule has 1 nitrogen and oxygen atoms in total. The van der Waals surface area contributed by atoms with Gasteiger partial charge in [0.25, 0.3) is 0 Å². The van der Waals surface area contributed by atoms with Crippen LogP contribution in [0.25, 0.3) is 0 Å². The largest absolute Gasteiger partial charge is 0.310 e. The zero-order valence-corrected chi connectivity index (χ0v) is 13.4. The van der Waals surface area contributed by atoms with Crippen LogP contribution in [0.3, 0.4) is 0 Å². The van der Waals surface area contributed by atoms with Gasteiger partial charge in [0.15, 0.2) is 0 Å². The van der Waals surface area contributed by atoms with E-state index in [1.54, 1.807) is 5.56 Å². The fourth-order valence-electron chi connectivity index (χ4n) is 3.61. The van der Waals surface area contributed by atoms with Crippen molar-refractivity contribution in [2.24, 2.45) is 0 Å². The Morgan fingerprint density at radius 1 is 1.00 bits per heavy atom. The van der Waals surface area contributed by atoms with E-state index in [0.29, 0.717) is 6.04 Å². The first-order chi connectivity index (χ1) is 10.1. The predicted molar refractivity (Wildman–Crippen MR) is 89.7 cm³/mol. The molecule has 1 heteroatoms. The molecule has 1 aliphatic carbocycles. The molecule has 1 atom stereocenters. The first-order valence-corrected chi connectivity index (χ1v) is 8.00. The zero-order chi connectivity index (χ0) is 14.8. The van der Waals surface area contributed by atoms with Crippen molar-refractivity contribution in [3.63, 3.8) is 0 Å². The smallest absolute Gasteiger partial charge is 0.0213 e. The Hall–Kier alpha value is -1.60.